The molecule has 1 saturated carbocycles. The Hall–Kier alpha value is -5.30. The van der Waals surface area contributed by atoms with Crippen molar-refractivity contribution in [2.75, 3.05) is 38.3 Å². The second-order valence-corrected chi connectivity index (χ2v) is 18.1. The fraction of sp³-hybridized carbons (Fsp3) is 0.489. The zero-order valence-electron chi connectivity index (χ0n) is 36.3. The number of anilines is 1. The number of nitrogens with zero attached hydrogens (tertiary/aromatic N) is 3. The molecule has 0 spiro atoms. The third-order valence-corrected chi connectivity index (χ3v) is 11.2. The van der Waals surface area contributed by atoms with Crippen molar-refractivity contribution in [2.24, 2.45) is 0 Å². The summed E-state index contributed by atoms with van der Waals surface area (Å²) in [6.07, 6.45) is 2.90. The molecule has 1 amide bonds. The fourth-order valence-corrected chi connectivity index (χ4v) is 7.63. The van der Waals surface area contributed by atoms with Gasteiger partial charge in [-0.25, -0.2) is 13.6 Å². The number of carbonyl (C=O) groups excluding carboxylic acids is 3. The van der Waals surface area contributed by atoms with Crippen LogP contribution in [0.4, 0.5) is 19.3 Å². The van der Waals surface area contributed by atoms with Crippen LogP contribution in [0.5, 0.6) is 5.75 Å². The molecule has 1 saturated heterocycles. The Balaban J connectivity index is 1.16. The van der Waals surface area contributed by atoms with Crippen molar-refractivity contribution in [3.05, 3.63) is 93.8 Å². The normalized spacial score (nSPS) is 16.8. The summed E-state index contributed by atoms with van der Waals surface area (Å²) in [5, 5.41) is 0.0128. The van der Waals surface area contributed by atoms with Gasteiger partial charge in [-0.1, -0.05) is 42.5 Å². The highest BCUT2D eigenvalue weighted by Gasteiger charge is 2.38. The topological polar surface area (TPSA) is 117 Å². The van der Waals surface area contributed by atoms with Crippen molar-refractivity contribution in [3.8, 4) is 16.9 Å². The van der Waals surface area contributed by atoms with Gasteiger partial charge in [-0.15, -0.1) is 0 Å². The number of methoxy groups -OCH3 is 1. The molecular weight excluding hydrogens is 773 g/mol. The molecule has 2 unspecified atom stereocenters. The van der Waals surface area contributed by atoms with Crippen LogP contribution in [-0.4, -0.2) is 83.5 Å². The molecule has 1 aliphatic carbocycles. The van der Waals surface area contributed by atoms with Gasteiger partial charge in [0, 0.05) is 49.9 Å². The Morgan fingerprint density at radius 1 is 0.900 bits per heavy atom. The number of Topliss-reactive ketones (excluding diaryl/α,β-unsaturated/α-hetero) is 1. The number of piperazine rings is 1. The van der Waals surface area contributed by atoms with Crippen molar-refractivity contribution < 1.29 is 42.1 Å². The highest BCUT2D eigenvalue weighted by molar-refractivity contribution is 6.05. The molecule has 2 heterocycles. The Morgan fingerprint density at radius 3 is 2.18 bits per heavy atom. The molecule has 0 radical (unpaired) electrons. The first-order valence-electron chi connectivity index (χ1n) is 20.6. The smallest absolute Gasteiger partial charge is 0.410 e. The summed E-state index contributed by atoms with van der Waals surface area (Å²) in [7, 11) is 1.43. The lowest BCUT2D eigenvalue weighted by atomic mass is 9.95. The number of hydrogen-bond acceptors (Lipinski definition) is 9. The second-order valence-electron chi connectivity index (χ2n) is 18.1. The summed E-state index contributed by atoms with van der Waals surface area (Å²) in [5.41, 5.74) is -1.72. The van der Waals surface area contributed by atoms with E-state index in [2.05, 4.69) is 0 Å². The van der Waals surface area contributed by atoms with E-state index >= 15 is 8.78 Å². The predicted octanol–water partition coefficient (Wildman–Crippen LogP) is 9.23. The Kier molecular flexibility index (Phi) is 12.5. The van der Waals surface area contributed by atoms with Crippen LogP contribution in [0.1, 0.15) is 109 Å². The Bertz CT molecular complexity index is 2330. The average molecular weight is 830 g/mol. The van der Waals surface area contributed by atoms with E-state index in [4.69, 9.17) is 18.9 Å². The van der Waals surface area contributed by atoms with Crippen LogP contribution in [0.15, 0.2) is 65.6 Å². The van der Waals surface area contributed by atoms with E-state index in [1.807, 2.05) is 46.7 Å². The summed E-state index contributed by atoms with van der Waals surface area (Å²) in [5.74, 6) is -2.81. The molecule has 3 aromatic carbocycles. The van der Waals surface area contributed by atoms with Crippen LogP contribution < -0.4 is 15.1 Å². The van der Waals surface area contributed by atoms with Gasteiger partial charge in [0.25, 0.3) is 0 Å². The van der Waals surface area contributed by atoms with E-state index in [1.165, 1.54) is 25.4 Å². The first-order chi connectivity index (χ1) is 28.1. The highest BCUT2D eigenvalue weighted by atomic mass is 19.1. The van der Waals surface area contributed by atoms with E-state index < -0.39 is 57.6 Å². The zero-order valence-corrected chi connectivity index (χ0v) is 36.3. The van der Waals surface area contributed by atoms with Crippen LogP contribution in [-0.2, 0) is 19.0 Å². The van der Waals surface area contributed by atoms with Crippen molar-refractivity contribution >= 4 is 34.4 Å². The number of carbonyl (C=O) groups is 3. The summed E-state index contributed by atoms with van der Waals surface area (Å²) in [4.78, 5) is 58.0. The molecule has 6 rings (SSSR count). The van der Waals surface area contributed by atoms with Gasteiger partial charge >= 0.3 is 12.1 Å². The number of benzene rings is 3. The fourth-order valence-electron chi connectivity index (χ4n) is 7.63. The van der Waals surface area contributed by atoms with Gasteiger partial charge in [-0.2, -0.15) is 0 Å². The van der Waals surface area contributed by atoms with E-state index in [1.54, 1.807) is 72.4 Å². The standard InChI is InChI=1S/C47H57F2N3O8/c1-28-26-50(21-22-51(28)44(56)60-45(3,4)5)39-37(49)25-34-38(41(39)57-10)52(32-17-18-32)27-35(40(34)53)42(54)47(8,9)58-23-20-46(6,7)59-43(55)29(2)31-16-19-33(36(48)24-31)30-14-12-11-13-15-30/h11-16,19,24-25,27-29,32H,17-18,20-23,26H2,1-10H3. The van der Waals surface area contributed by atoms with Gasteiger partial charge in [0.05, 0.1) is 36.1 Å². The quantitative estimate of drug-likeness (QED) is 0.0961. The van der Waals surface area contributed by atoms with Crippen LogP contribution in [0.3, 0.4) is 0 Å². The summed E-state index contributed by atoms with van der Waals surface area (Å²) >= 11 is 0. The Morgan fingerprint density at radius 2 is 1.58 bits per heavy atom. The third kappa shape index (κ3) is 9.51. The molecule has 1 aromatic heterocycles. The van der Waals surface area contributed by atoms with Crippen LogP contribution in [0, 0.1) is 11.6 Å². The first-order valence-corrected chi connectivity index (χ1v) is 20.6. The minimum atomic E-state index is -1.48. The van der Waals surface area contributed by atoms with Crippen molar-refractivity contribution in [1.82, 2.24) is 9.47 Å². The summed E-state index contributed by atoms with van der Waals surface area (Å²) < 4.78 is 56.7. The molecule has 11 nitrogen and oxygen atoms in total. The molecule has 13 heteroatoms. The number of fused-ring (bicyclic) bond motifs is 1. The summed E-state index contributed by atoms with van der Waals surface area (Å²) in [6, 6.07) is 14.7. The van der Waals surface area contributed by atoms with E-state index in [9.17, 15) is 19.2 Å². The minimum absolute atomic E-state index is 0.00359. The Labute approximate surface area is 350 Å². The number of hydrogen-bond donors (Lipinski definition) is 0. The number of ketones is 1. The third-order valence-electron chi connectivity index (χ3n) is 11.2. The number of rotatable bonds is 13. The number of esters is 1. The van der Waals surface area contributed by atoms with Crippen molar-refractivity contribution in [2.45, 2.75) is 116 Å². The van der Waals surface area contributed by atoms with Crippen LogP contribution >= 0.6 is 0 Å². The van der Waals surface area contributed by atoms with Gasteiger partial charge < -0.3 is 33.3 Å². The van der Waals surface area contributed by atoms with Crippen LogP contribution in [0.25, 0.3) is 22.0 Å². The lowest BCUT2D eigenvalue weighted by Gasteiger charge is -2.41. The van der Waals surface area contributed by atoms with E-state index in [0.29, 0.717) is 36.3 Å². The molecule has 0 N–H and O–H groups in total. The second kappa shape index (κ2) is 17.0. The SMILES string of the molecule is COc1c(N2CCN(C(=O)OC(C)(C)C)C(C)C2)c(F)cc2c(=O)c(C(=O)C(C)(C)OCCC(C)(C)OC(=O)C(C)c3ccc(-c4ccccc4)c(F)c3)cn(C3CC3)c12. The molecule has 2 fully saturated rings. The maximum Gasteiger partial charge on any atom is 0.410 e. The van der Waals surface area contributed by atoms with Crippen LogP contribution in [0.2, 0.25) is 0 Å². The number of pyridine rings is 1. The van der Waals surface area contributed by atoms with E-state index in [0.717, 1.165) is 18.4 Å². The molecular formula is C47H57F2N3O8. The minimum Gasteiger partial charge on any atom is -0.492 e. The maximum absolute atomic E-state index is 16.3. The number of amides is 1. The van der Waals surface area contributed by atoms with E-state index in [-0.39, 0.29) is 47.5 Å². The number of halogens is 2. The molecule has 322 valence electrons. The largest absolute Gasteiger partial charge is 0.492 e. The van der Waals surface area contributed by atoms with Gasteiger partial charge in [-0.05, 0) is 98.4 Å². The lowest BCUT2D eigenvalue weighted by Crippen LogP contribution is -2.55. The monoisotopic (exact) mass is 829 g/mol. The molecule has 60 heavy (non-hydrogen) atoms. The highest BCUT2D eigenvalue weighted by Crippen LogP contribution is 2.44. The van der Waals surface area contributed by atoms with Gasteiger partial charge in [0.1, 0.15) is 28.3 Å². The first kappa shape index (κ1) is 44.3. The maximum atomic E-state index is 16.3. The zero-order chi connectivity index (χ0) is 43.9. The van der Waals surface area contributed by atoms with Gasteiger partial charge in [-0.3, -0.25) is 14.4 Å². The summed E-state index contributed by atoms with van der Waals surface area (Å²) in [6.45, 7) is 16.4. The molecule has 0 bridgehead atoms. The number of aromatic nitrogens is 1. The van der Waals surface area contributed by atoms with Crippen molar-refractivity contribution in [3.63, 3.8) is 0 Å². The molecule has 1 aliphatic heterocycles. The average Bonchev–Trinajstić information content (AvgIpc) is 4.02. The number of ether oxygens (including phenoxy) is 4. The predicted molar refractivity (Wildman–Crippen MR) is 227 cm³/mol. The molecule has 2 aliphatic rings. The molecule has 2 atom stereocenters. The lowest BCUT2D eigenvalue weighted by molar-refractivity contribution is -0.160. The van der Waals surface area contributed by atoms with Gasteiger partial charge in [0.2, 0.25) is 5.43 Å². The van der Waals surface area contributed by atoms with Gasteiger partial charge in [0.15, 0.2) is 17.3 Å². The molecule has 4 aromatic rings. The van der Waals surface area contributed by atoms with Crippen molar-refractivity contribution in [1.29, 1.82) is 0 Å².